The van der Waals surface area contributed by atoms with E-state index in [1.165, 1.54) is 18.2 Å². The van der Waals surface area contributed by atoms with Gasteiger partial charge in [0.15, 0.2) is 0 Å². The third kappa shape index (κ3) is 2.96. The molecular weight excluding hydrogens is 248 g/mol. The maximum atomic E-state index is 10.3. The molecule has 20 heavy (non-hydrogen) atoms. The molecule has 2 nitrogen and oxygen atoms in total. The molecule has 106 valence electrons. The van der Waals surface area contributed by atoms with Crippen LogP contribution in [0.1, 0.15) is 38.5 Å². The van der Waals surface area contributed by atoms with Gasteiger partial charge in [0.2, 0.25) is 0 Å². The van der Waals surface area contributed by atoms with E-state index in [1.807, 2.05) is 24.3 Å². The maximum absolute atomic E-state index is 10.3. The molecule has 0 amide bonds. The second kappa shape index (κ2) is 6.27. The van der Waals surface area contributed by atoms with E-state index in [2.05, 4.69) is 18.2 Å². The molecule has 1 N–H and O–H groups in total. The van der Waals surface area contributed by atoms with Gasteiger partial charge in [-0.25, -0.2) is 0 Å². The zero-order valence-corrected chi connectivity index (χ0v) is 11.8. The van der Waals surface area contributed by atoms with Crippen LogP contribution < -0.4 is 4.74 Å². The van der Waals surface area contributed by atoms with Gasteiger partial charge in [0, 0.05) is 5.39 Å². The van der Waals surface area contributed by atoms with Crippen molar-refractivity contribution in [3.05, 3.63) is 42.5 Å². The first kappa shape index (κ1) is 13.4. The Balaban J connectivity index is 1.84. The van der Waals surface area contributed by atoms with Crippen molar-refractivity contribution in [2.24, 2.45) is 0 Å². The Morgan fingerprint density at radius 3 is 2.50 bits per heavy atom. The van der Waals surface area contributed by atoms with E-state index in [0.29, 0.717) is 0 Å². The topological polar surface area (TPSA) is 29.5 Å². The summed E-state index contributed by atoms with van der Waals surface area (Å²) in [4.78, 5) is 0. The highest BCUT2D eigenvalue weighted by molar-refractivity contribution is 5.88. The first-order valence-corrected chi connectivity index (χ1v) is 7.67. The van der Waals surface area contributed by atoms with Crippen molar-refractivity contribution in [1.82, 2.24) is 0 Å². The Labute approximate surface area is 120 Å². The lowest BCUT2D eigenvalue weighted by molar-refractivity contribution is 0.0196. The quantitative estimate of drug-likeness (QED) is 0.881. The average Bonchev–Trinajstić information content (AvgIpc) is 2.47. The number of hydrogen-bond donors (Lipinski definition) is 1. The number of hydrogen-bond acceptors (Lipinski definition) is 2. The molecule has 0 spiro atoms. The summed E-state index contributed by atoms with van der Waals surface area (Å²) in [6.07, 6.45) is 6.14. The molecule has 2 unspecified atom stereocenters. The van der Waals surface area contributed by atoms with Gasteiger partial charge < -0.3 is 9.84 Å². The van der Waals surface area contributed by atoms with Gasteiger partial charge in [0.25, 0.3) is 0 Å². The molecule has 0 saturated heterocycles. The molecule has 0 heterocycles. The Hall–Kier alpha value is -1.54. The summed E-state index contributed by atoms with van der Waals surface area (Å²) in [5, 5.41) is 12.6. The number of benzene rings is 2. The second-order valence-corrected chi connectivity index (χ2v) is 5.69. The molecule has 2 heteroatoms. The third-order valence-electron chi connectivity index (χ3n) is 4.20. The van der Waals surface area contributed by atoms with E-state index >= 15 is 0 Å². The van der Waals surface area contributed by atoms with Crippen LogP contribution in [0.25, 0.3) is 10.8 Å². The van der Waals surface area contributed by atoms with E-state index in [0.717, 1.165) is 36.8 Å². The van der Waals surface area contributed by atoms with E-state index in [4.69, 9.17) is 4.74 Å². The smallest absolute Gasteiger partial charge is 0.127 e. The van der Waals surface area contributed by atoms with Crippen LogP contribution in [-0.4, -0.2) is 17.3 Å². The van der Waals surface area contributed by atoms with Gasteiger partial charge in [-0.3, -0.25) is 0 Å². The molecule has 2 aromatic carbocycles. The molecule has 2 aromatic rings. The van der Waals surface area contributed by atoms with Crippen LogP contribution in [0.3, 0.4) is 0 Å². The Bertz CT molecular complexity index is 559. The lowest BCUT2D eigenvalue weighted by Crippen LogP contribution is -2.32. The molecule has 1 fully saturated rings. The van der Waals surface area contributed by atoms with Crippen molar-refractivity contribution in [3.8, 4) is 5.75 Å². The van der Waals surface area contributed by atoms with Crippen LogP contribution in [0.5, 0.6) is 5.75 Å². The van der Waals surface area contributed by atoms with Crippen molar-refractivity contribution in [1.29, 1.82) is 0 Å². The standard InChI is InChI=1S/C18H22O2/c19-16-11-3-1-2-4-12-18(16)20-17-13-7-9-14-8-5-6-10-15(14)17/h5-10,13,16,18-19H,1-4,11-12H2. The van der Waals surface area contributed by atoms with Crippen LogP contribution in [0, 0.1) is 0 Å². The molecular formula is C18H22O2. The van der Waals surface area contributed by atoms with Gasteiger partial charge >= 0.3 is 0 Å². The molecule has 0 radical (unpaired) electrons. The summed E-state index contributed by atoms with van der Waals surface area (Å²) in [6.45, 7) is 0. The number of rotatable bonds is 2. The zero-order valence-electron chi connectivity index (χ0n) is 11.8. The highest BCUT2D eigenvalue weighted by atomic mass is 16.5. The molecule has 0 aliphatic heterocycles. The molecule has 3 rings (SSSR count). The van der Waals surface area contributed by atoms with Gasteiger partial charge in [-0.2, -0.15) is 0 Å². The molecule has 1 saturated carbocycles. The van der Waals surface area contributed by atoms with Gasteiger partial charge in [0.1, 0.15) is 11.9 Å². The average molecular weight is 270 g/mol. The Kier molecular flexibility index (Phi) is 4.22. The van der Waals surface area contributed by atoms with Crippen LogP contribution >= 0.6 is 0 Å². The monoisotopic (exact) mass is 270 g/mol. The summed E-state index contributed by atoms with van der Waals surface area (Å²) in [7, 11) is 0. The van der Waals surface area contributed by atoms with Crippen molar-refractivity contribution >= 4 is 10.8 Å². The summed E-state index contributed by atoms with van der Waals surface area (Å²) in [5.41, 5.74) is 0. The van der Waals surface area contributed by atoms with Crippen LogP contribution in [0.15, 0.2) is 42.5 Å². The predicted molar refractivity (Wildman–Crippen MR) is 82.1 cm³/mol. The maximum Gasteiger partial charge on any atom is 0.127 e. The van der Waals surface area contributed by atoms with E-state index in [1.54, 1.807) is 0 Å². The molecule has 2 atom stereocenters. The van der Waals surface area contributed by atoms with Crippen LogP contribution in [-0.2, 0) is 0 Å². The van der Waals surface area contributed by atoms with Gasteiger partial charge in [-0.1, -0.05) is 55.7 Å². The molecule has 1 aliphatic carbocycles. The largest absolute Gasteiger partial charge is 0.487 e. The normalized spacial score (nSPS) is 24.1. The lowest BCUT2D eigenvalue weighted by Gasteiger charge is -2.26. The van der Waals surface area contributed by atoms with Crippen LogP contribution in [0.2, 0.25) is 0 Å². The summed E-state index contributed by atoms with van der Waals surface area (Å²) < 4.78 is 6.17. The number of aliphatic hydroxyl groups excluding tert-OH is 1. The minimum absolute atomic E-state index is 0.0684. The predicted octanol–water partition coefficient (Wildman–Crippen LogP) is 4.30. The van der Waals surface area contributed by atoms with Crippen molar-refractivity contribution < 1.29 is 9.84 Å². The van der Waals surface area contributed by atoms with Crippen molar-refractivity contribution in [2.45, 2.75) is 50.7 Å². The fourth-order valence-corrected chi connectivity index (χ4v) is 3.03. The molecule has 1 aliphatic rings. The minimum Gasteiger partial charge on any atom is -0.487 e. The number of fused-ring (bicyclic) bond motifs is 1. The Morgan fingerprint density at radius 2 is 1.60 bits per heavy atom. The SMILES string of the molecule is OC1CCCCCCC1Oc1cccc2ccccc12. The van der Waals surface area contributed by atoms with Crippen LogP contribution in [0.4, 0.5) is 0 Å². The molecule has 0 aromatic heterocycles. The fourth-order valence-electron chi connectivity index (χ4n) is 3.03. The number of ether oxygens (including phenoxy) is 1. The lowest BCUT2D eigenvalue weighted by atomic mass is 9.96. The summed E-state index contributed by atoms with van der Waals surface area (Å²) in [5.74, 6) is 0.896. The van der Waals surface area contributed by atoms with E-state index < -0.39 is 0 Å². The van der Waals surface area contributed by atoms with Gasteiger partial charge in [0.05, 0.1) is 6.10 Å². The first-order chi connectivity index (χ1) is 9.84. The minimum atomic E-state index is -0.339. The first-order valence-electron chi connectivity index (χ1n) is 7.67. The second-order valence-electron chi connectivity index (χ2n) is 5.69. The van der Waals surface area contributed by atoms with Crippen molar-refractivity contribution in [2.75, 3.05) is 0 Å². The highest BCUT2D eigenvalue weighted by Gasteiger charge is 2.22. The third-order valence-corrected chi connectivity index (χ3v) is 4.20. The fraction of sp³-hybridized carbons (Fsp3) is 0.444. The van der Waals surface area contributed by atoms with E-state index in [-0.39, 0.29) is 12.2 Å². The van der Waals surface area contributed by atoms with Crippen molar-refractivity contribution in [3.63, 3.8) is 0 Å². The summed E-state index contributed by atoms with van der Waals surface area (Å²) >= 11 is 0. The number of aliphatic hydroxyl groups is 1. The molecule has 0 bridgehead atoms. The van der Waals surface area contributed by atoms with E-state index in [9.17, 15) is 5.11 Å². The van der Waals surface area contributed by atoms with Gasteiger partial charge in [-0.15, -0.1) is 0 Å². The summed E-state index contributed by atoms with van der Waals surface area (Å²) in [6, 6.07) is 14.4. The van der Waals surface area contributed by atoms with Gasteiger partial charge in [-0.05, 0) is 30.7 Å². The zero-order chi connectivity index (χ0) is 13.8. The Morgan fingerprint density at radius 1 is 0.850 bits per heavy atom. The highest BCUT2D eigenvalue weighted by Crippen LogP contribution is 2.29.